The molecule has 27 heavy (non-hydrogen) atoms. The van der Waals surface area contributed by atoms with Crippen LogP contribution in [-0.4, -0.2) is 19.5 Å². The maximum atomic E-state index is 6.21. The Morgan fingerprint density at radius 2 is 1.74 bits per heavy atom. The molecule has 3 aromatic rings. The van der Waals surface area contributed by atoms with Crippen molar-refractivity contribution in [2.45, 2.75) is 72.3 Å². The van der Waals surface area contributed by atoms with E-state index in [9.17, 15) is 0 Å². The van der Waals surface area contributed by atoms with E-state index in [1.807, 2.05) is 12.1 Å². The third-order valence-electron chi connectivity index (χ3n) is 5.18. The lowest BCUT2D eigenvalue weighted by Gasteiger charge is -2.20. The van der Waals surface area contributed by atoms with Gasteiger partial charge in [0.15, 0.2) is 5.65 Å². The van der Waals surface area contributed by atoms with Crippen LogP contribution in [0.2, 0.25) is 5.02 Å². The number of aromatic nitrogens is 4. The van der Waals surface area contributed by atoms with Crippen LogP contribution in [0.1, 0.15) is 70.8 Å². The van der Waals surface area contributed by atoms with Crippen molar-refractivity contribution in [1.29, 1.82) is 0 Å². The second kappa shape index (κ2) is 8.83. The molecule has 5 heteroatoms. The second-order valence-electron chi connectivity index (χ2n) is 7.03. The van der Waals surface area contributed by atoms with Gasteiger partial charge in [-0.25, -0.2) is 15.0 Å². The number of rotatable bonds is 8. The van der Waals surface area contributed by atoms with Gasteiger partial charge in [-0.3, -0.25) is 0 Å². The molecule has 0 aliphatic rings. The molecule has 0 atom stereocenters. The van der Waals surface area contributed by atoms with Crippen molar-refractivity contribution in [1.82, 2.24) is 19.5 Å². The van der Waals surface area contributed by atoms with Gasteiger partial charge in [0.2, 0.25) is 0 Å². The van der Waals surface area contributed by atoms with Gasteiger partial charge in [0, 0.05) is 23.0 Å². The summed E-state index contributed by atoms with van der Waals surface area (Å²) in [7, 11) is 0. The van der Waals surface area contributed by atoms with Crippen LogP contribution in [0.15, 0.2) is 24.5 Å². The molecule has 0 saturated heterocycles. The fourth-order valence-corrected chi connectivity index (χ4v) is 4.13. The van der Waals surface area contributed by atoms with E-state index in [4.69, 9.17) is 16.6 Å². The molecule has 0 bridgehead atoms. The van der Waals surface area contributed by atoms with Gasteiger partial charge in [-0.2, -0.15) is 0 Å². The van der Waals surface area contributed by atoms with Crippen molar-refractivity contribution in [2.75, 3.05) is 0 Å². The lowest BCUT2D eigenvalue weighted by molar-refractivity contribution is 0.423. The maximum absolute atomic E-state index is 6.21. The topological polar surface area (TPSA) is 43.6 Å². The van der Waals surface area contributed by atoms with Gasteiger partial charge in [-0.1, -0.05) is 58.2 Å². The van der Waals surface area contributed by atoms with Crippen molar-refractivity contribution in [2.24, 2.45) is 0 Å². The maximum Gasteiger partial charge on any atom is 0.164 e. The zero-order valence-corrected chi connectivity index (χ0v) is 17.6. The Labute approximate surface area is 167 Å². The zero-order valence-electron chi connectivity index (χ0n) is 16.8. The van der Waals surface area contributed by atoms with Crippen molar-refractivity contribution in [3.05, 3.63) is 40.9 Å². The number of nitrogens with zero attached hydrogens (tertiary/aromatic N) is 4. The van der Waals surface area contributed by atoms with Crippen LogP contribution in [0.4, 0.5) is 0 Å². The Balaban J connectivity index is 2.24. The third-order valence-corrected chi connectivity index (χ3v) is 5.41. The quantitative estimate of drug-likeness (QED) is 0.450. The monoisotopic (exact) mass is 384 g/mol. The van der Waals surface area contributed by atoms with Crippen LogP contribution in [0.5, 0.6) is 0 Å². The number of aryl methyl sites for hydroxylation is 2. The largest absolute Gasteiger partial charge is 0.309 e. The number of imidazole rings is 1. The van der Waals surface area contributed by atoms with Gasteiger partial charge in [0.25, 0.3) is 0 Å². The first-order valence-corrected chi connectivity index (χ1v) is 10.5. The molecule has 0 fully saturated rings. The van der Waals surface area contributed by atoms with E-state index in [-0.39, 0.29) is 0 Å². The highest BCUT2D eigenvalue weighted by Crippen LogP contribution is 2.33. The molecule has 4 nitrogen and oxygen atoms in total. The van der Waals surface area contributed by atoms with Gasteiger partial charge in [0.05, 0.1) is 0 Å². The Bertz CT molecular complexity index is 910. The van der Waals surface area contributed by atoms with Gasteiger partial charge < -0.3 is 4.57 Å². The summed E-state index contributed by atoms with van der Waals surface area (Å²) in [6.07, 6.45) is 8.07. The number of benzene rings is 1. The molecule has 0 unspecified atom stereocenters. The van der Waals surface area contributed by atoms with Crippen LogP contribution in [0, 0.1) is 0 Å². The molecule has 0 amide bonds. The lowest BCUT2D eigenvalue weighted by Crippen LogP contribution is -2.12. The molecule has 0 aliphatic heterocycles. The molecule has 3 rings (SSSR count). The first-order chi connectivity index (χ1) is 13.1. The first-order valence-electron chi connectivity index (χ1n) is 10.1. The Morgan fingerprint density at radius 3 is 2.37 bits per heavy atom. The smallest absolute Gasteiger partial charge is 0.164 e. The number of hydrogen-bond acceptors (Lipinski definition) is 3. The normalized spacial score (nSPS) is 11.6. The van der Waals surface area contributed by atoms with E-state index < -0.39 is 0 Å². The average molecular weight is 385 g/mol. The summed E-state index contributed by atoms with van der Waals surface area (Å²) >= 11 is 6.21. The Morgan fingerprint density at radius 1 is 1.00 bits per heavy atom. The molecule has 0 spiro atoms. The van der Waals surface area contributed by atoms with Gasteiger partial charge in [-0.05, 0) is 37.0 Å². The molecular formula is C22H29ClN4. The molecule has 144 valence electrons. The predicted octanol–water partition coefficient (Wildman–Crippen LogP) is 6.41. The highest BCUT2D eigenvalue weighted by Gasteiger charge is 2.22. The molecule has 0 radical (unpaired) electrons. The van der Waals surface area contributed by atoms with E-state index in [2.05, 4.69) is 48.3 Å². The van der Waals surface area contributed by atoms with Crippen LogP contribution in [-0.2, 0) is 12.8 Å². The number of hydrogen-bond donors (Lipinski definition) is 0. The second-order valence-corrected chi connectivity index (χ2v) is 7.47. The van der Waals surface area contributed by atoms with Crippen LogP contribution in [0.3, 0.4) is 0 Å². The van der Waals surface area contributed by atoms with Crippen LogP contribution >= 0.6 is 11.6 Å². The lowest BCUT2D eigenvalue weighted by atomic mass is 10.0. The molecule has 0 N–H and O–H groups in total. The summed E-state index contributed by atoms with van der Waals surface area (Å²) in [6, 6.07) is 6.46. The minimum Gasteiger partial charge on any atom is -0.309 e. The van der Waals surface area contributed by atoms with E-state index in [0.717, 1.165) is 71.8 Å². The summed E-state index contributed by atoms with van der Waals surface area (Å²) < 4.78 is 2.37. The Hall–Kier alpha value is -1.94. The highest BCUT2D eigenvalue weighted by molar-refractivity contribution is 6.30. The van der Waals surface area contributed by atoms with Crippen molar-refractivity contribution in [3.63, 3.8) is 0 Å². The minimum absolute atomic E-state index is 0.443. The summed E-state index contributed by atoms with van der Waals surface area (Å²) in [5.41, 5.74) is 5.07. The summed E-state index contributed by atoms with van der Waals surface area (Å²) in [6.45, 7) is 8.80. The van der Waals surface area contributed by atoms with Gasteiger partial charge >= 0.3 is 0 Å². The fourth-order valence-electron chi connectivity index (χ4n) is 3.94. The molecule has 2 aromatic heterocycles. The number of halogens is 1. The van der Waals surface area contributed by atoms with Gasteiger partial charge in [0.1, 0.15) is 23.4 Å². The summed E-state index contributed by atoms with van der Waals surface area (Å²) in [4.78, 5) is 14.3. The van der Waals surface area contributed by atoms with E-state index in [0.29, 0.717) is 6.04 Å². The summed E-state index contributed by atoms with van der Waals surface area (Å²) in [5, 5.41) is 0.756. The molecular weight excluding hydrogens is 356 g/mol. The van der Waals surface area contributed by atoms with E-state index in [1.165, 1.54) is 5.56 Å². The number of fused-ring (bicyclic) bond motifs is 1. The predicted molar refractivity (Wildman–Crippen MR) is 113 cm³/mol. The first kappa shape index (κ1) is 19.8. The van der Waals surface area contributed by atoms with Crippen molar-refractivity contribution in [3.8, 4) is 11.3 Å². The van der Waals surface area contributed by atoms with E-state index in [1.54, 1.807) is 6.33 Å². The average Bonchev–Trinajstić information content (AvgIpc) is 3.06. The highest BCUT2D eigenvalue weighted by atomic mass is 35.5. The minimum atomic E-state index is 0.443. The zero-order chi connectivity index (χ0) is 19.4. The van der Waals surface area contributed by atoms with Crippen LogP contribution < -0.4 is 0 Å². The SMILES string of the molecule is CCCC(CCC)n1c(CC)nc2c(-c3ccc(Cl)cc3CC)ncnc21. The third kappa shape index (κ3) is 3.86. The standard InChI is InChI=1S/C22H29ClN4/c1-5-9-17(10-6-2)27-19(8-4)26-21-20(24-14-25-22(21)27)18-12-11-16(23)13-15(18)7-3/h11-14,17H,5-10H2,1-4H3. The molecule has 1 aromatic carbocycles. The van der Waals surface area contributed by atoms with Crippen molar-refractivity contribution >= 4 is 22.8 Å². The molecule has 0 saturated carbocycles. The Kier molecular flexibility index (Phi) is 6.48. The van der Waals surface area contributed by atoms with Crippen LogP contribution in [0.25, 0.3) is 22.4 Å². The summed E-state index contributed by atoms with van der Waals surface area (Å²) in [5.74, 6) is 1.10. The molecule has 0 aliphatic carbocycles. The van der Waals surface area contributed by atoms with Gasteiger partial charge in [-0.15, -0.1) is 0 Å². The van der Waals surface area contributed by atoms with Crippen molar-refractivity contribution < 1.29 is 0 Å². The molecule has 2 heterocycles. The fraction of sp³-hybridized carbons (Fsp3) is 0.500. The van der Waals surface area contributed by atoms with E-state index >= 15 is 0 Å².